The van der Waals surface area contributed by atoms with Crippen molar-refractivity contribution in [2.45, 2.75) is 32.9 Å². The van der Waals surface area contributed by atoms with E-state index in [0.717, 1.165) is 44.6 Å². The van der Waals surface area contributed by atoms with Gasteiger partial charge in [0.15, 0.2) is 5.11 Å². The lowest BCUT2D eigenvalue weighted by Crippen LogP contribution is -2.29. The predicted molar refractivity (Wildman–Crippen MR) is 151 cm³/mol. The first-order valence-corrected chi connectivity index (χ1v) is 12.8. The fourth-order valence-corrected chi connectivity index (χ4v) is 5.82. The van der Waals surface area contributed by atoms with Crippen LogP contribution in [0.4, 0.5) is 5.69 Å². The van der Waals surface area contributed by atoms with Crippen molar-refractivity contribution in [3.63, 3.8) is 0 Å². The highest BCUT2D eigenvalue weighted by Crippen LogP contribution is 2.45. The monoisotopic (exact) mass is 536 g/mol. The Morgan fingerprint density at radius 1 is 0.972 bits per heavy atom. The van der Waals surface area contributed by atoms with Gasteiger partial charge >= 0.3 is 0 Å². The minimum atomic E-state index is -0.158. The molecule has 1 saturated heterocycles. The van der Waals surface area contributed by atoms with Crippen LogP contribution in [-0.2, 0) is 0 Å². The first-order valence-electron chi connectivity index (χ1n) is 11.6. The molecule has 5 nitrogen and oxygen atoms in total. The Labute approximate surface area is 226 Å². The highest BCUT2D eigenvalue weighted by atomic mass is 35.5. The van der Waals surface area contributed by atoms with E-state index in [0.29, 0.717) is 15.9 Å². The van der Waals surface area contributed by atoms with Crippen LogP contribution in [0.1, 0.15) is 40.3 Å². The van der Waals surface area contributed by atoms with Gasteiger partial charge in [0.25, 0.3) is 0 Å². The van der Waals surface area contributed by atoms with Crippen molar-refractivity contribution in [1.29, 1.82) is 0 Å². The predicted octanol–water partition coefficient (Wildman–Crippen LogP) is 7.29. The first-order chi connectivity index (χ1) is 17.3. The van der Waals surface area contributed by atoms with Crippen LogP contribution in [0.15, 0.2) is 66.9 Å². The quantitative estimate of drug-likeness (QED) is 0.271. The zero-order valence-corrected chi connectivity index (χ0v) is 22.7. The summed E-state index contributed by atoms with van der Waals surface area (Å²) in [6, 6.07) is 19.6. The van der Waals surface area contributed by atoms with E-state index < -0.39 is 0 Å². The molecular formula is C28H26Cl2N4OS. The molecule has 1 aliphatic heterocycles. The number of halogens is 2. The Kier molecular flexibility index (Phi) is 6.68. The number of pyridine rings is 1. The minimum Gasteiger partial charge on any atom is -0.495 e. The molecule has 4 aromatic rings. The van der Waals surface area contributed by atoms with E-state index in [2.05, 4.69) is 45.7 Å². The van der Waals surface area contributed by atoms with Crippen molar-refractivity contribution in [3.05, 3.63) is 105 Å². The number of hydrogen-bond acceptors (Lipinski definition) is 3. The number of aryl methyl sites for hydroxylation is 1. The van der Waals surface area contributed by atoms with Crippen molar-refractivity contribution >= 4 is 46.2 Å². The molecule has 1 N–H and O–H groups in total. The maximum absolute atomic E-state index is 6.53. The molecule has 0 spiro atoms. The second-order valence-electron chi connectivity index (χ2n) is 8.86. The molecule has 2 aromatic heterocycles. The van der Waals surface area contributed by atoms with Crippen LogP contribution < -0.4 is 15.0 Å². The topological polar surface area (TPSA) is 42.3 Å². The third-order valence-corrected chi connectivity index (χ3v) is 7.80. The van der Waals surface area contributed by atoms with Crippen LogP contribution in [0, 0.1) is 20.8 Å². The number of rotatable bonds is 5. The Balaban J connectivity index is 1.70. The molecule has 3 heterocycles. The molecule has 0 radical (unpaired) electrons. The molecule has 0 aliphatic carbocycles. The SMILES string of the molecule is COc1ccc(N2C(=S)NC(c3ccccn3)C2c2cc(C)n(-c3cccc(Cl)c3C)c2C)cc1Cl. The molecule has 2 aromatic carbocycles. The zero-order chi connectivity index (χ0) is 25.6. The molecule has 184 valence electrons. The lowest BCUT2D eigenvalue weighted by atomic mass is 9.96. The van der Waals surface area contributed by atoms with Gasteiger partial charge in [0.05, 0.1) is 29.9 Å². The lowest BCUT2D eigenvalue weighted by Gasteiger charge is -2.28. The minimum absolute atomic E-state index is 0.156. The summed E-state index contributed by atoms with van der Waals surface area (Å²) in [5.41, 5.74) is 7.25. The number of nitrogens with zero attached hydrogens (tertiary/aromatic N) is 3. The molecule has 1 aliphatic rings. The Bertz CT molecular complexity index is 1450. The largest absolute Gasteiger partial charge is 0.495 e. The molecule has 2 atom stereocenters. The normalized spacial score (nSPS) is 17.4. The Morgan fingerprint density at radius 2 is 1.78 bits per heavy atom. The lowest BCUT2D eigenvalue weighted by molar-refractivity contribution is 0.415. The van der Waals surface area contributed by atoms with Gasteiger partial charge in [0.1, 0.15) is 5.75 Å². The van der Waals surface area contributed by atoms with E-state index in [4.69, 9.17) is 40.2 Å². The maximum Gasteiger partial charge on any atom is 0.174 e. The summed E-state index contributed by atoms with van der Waals surface area (Å²) in [6.45, 7) is 6.30. The van der Waals surface area contributed by atoms with Gasteiger partial charge in [0, 0.05) is 34.0 Å². The zero-order valence-electron chi connectivity index (χ0n) is 20.4. The summed E-state index contributed by atoms with van der Waals surface area (Å²) in [5.74, 6) is 0.617. The van der Waals surface area contributed by atoms with Gasteiger partial charge in [-0.25, -0.2) is 0 Å². The fraction of sp³-hybridized carbons (Fsp3) is 0.214. The highest BCUT2D eigenvalue weighted by Gasteiger charge is 2.42. The van der Waals surface area contributed by atoms with Crippen LogP contribution in [0.5, 0.6) is 5.75 Å². The molecule has 0 saturated carbocycles. The number of methoxy groups -OCH3 is 1. The summed E-state index contributed by atoms with van der Waals surface area (Å²) in [4.78, 5) is 6.79. The van der Waals surface area contributed by atoms with E-state index in [1.807, 2.05) is 61.7 Å². The van der Waals surface area contributed by atoms with Gasteiger partial charge < -0.3 is 19.5 Å². The van der Waals surface area contributed by atoms with Crippen molar-refractivity contribution in [1.82, 2.24) is 14.9 Å². The standard InChI is InChI=1S/C28H26Cl2N4OS/c1-16-14-20(18(3)33(16)24-10-7-8-21(29)17(24)2)27-26(23-9-5-6-13-31-23)32-28(36)34(27)19-11-12-25(35-4)22(30)15-19/h5-15,26-27H,1-4H3,(H,32,36). The van der Waals surface area contributed by atoms with Gasteiger partial charge in [-0.3, -0.25) is 4.98 Å². The number of ether oxygens (including phenoxy) is 1. The Morgan fingerprint density at radius 3 is 2.47 bits per heavy atom. The summed E-state index contributed by atoms with van der Waals surface area (Å²) >= 11 is 18.9. The molecule has 1 fully saturated rings. The van der Waals surface area contributed by atoms with Crippen molar-refractivity contribution in [2.75, 3.05) is 12.0 Å². The molecule has 8 heteroatoms. The smallest absolute Gasteiger partial charge is 0.174 e. The number of nitrogens with one attached hydrogen (secondary N) is 1. The second kappa shape index (κ2) is 9.77. The van der Waals surface area contributed by atoms with Crippen molar-refractivity contribution < 1.29 is 4.74 Å². The third-order valence-electron chi connectivity index (χ3n) is 6.78. The molecule has 2 unspecified atom stereocenters. The number of thiocarbonyl (C=S) groups is 1. The van der Waals surface area contributed by atoms with Crippen LogP contribution in [-0.4, -0.2) is 21.8 Å². The molecule has 5 rings (SSSR count). The Hall–Kier alpha value is -3.06. The van der Waals surface area contributed by atoms with Crippen LogP contribution in [0.25, 0.3) is 5.69 Å². The molecule has 0 bridgehead atoms. The first kappa shape index (κ1) is 24.6. The van der Waals surface area contributed by atoms with Crippen LogP contribution in [0.2, 0.25) is 10.0 Å². The molecule has 0 amide bonds. The highest BCUT2D eigenvalue weighted by molar-refractivity contribution is 7.80. The number of anilines is 1. The second-order valence-corrected chi connectivity index (χ2v) is 10.1. The van der Waals surface area contributed by atoms with Gasteiger partial charge in [-0.05, 0) is 92.6 Å². The average Bonchev–Trinajstić information content (AvgIpc) is 3.36. The van der Waals surface area contributed by atoms with Gasteiger partial charge in [0.2, 0.25) is 0 Å². The van der Waals surface area contributed by atoms with Crippen LogP contribution >= 0.6 is 35.4 Å². The van der Waals surface area contributed by atoms with Gasteiger partial charge in [-0.15, -0.1) is 0 Å². The van der Waals surface area contributed by atoms with Crippen molar-refractivity contribution in [2.24, 2.45) is 0 Å². The fourth-order valence-electron chi connectivity index (χ4n) is 5.05. The van der Waals surface area contributed by atoms with Gasteiger partial charge in [-0.2, -0.15) is 0 Å². The summed E-state index contributed by atoms with van der Waals surface area (Å²) in [6.07, 6.45) is 1.81. The number of aromatic nitrogens is 2. The summed E-state index contributed by atoms with van der Waals surface area (Å²) < 4.78 is 7.63. The number of hydrogen-bond donors (Lipinski definition) is 1. The van der Waals surface area contributed by atoms with Gasteiger partial charge in [-0.1, -0.05) is 35.3 Å². The van der Waals surface area contributed by atoms with Crippen LogP contribution in [0.3, 0.4) is 0 Å². The number of benzene rings is 2. The summed E-state index contributed by atoms with van der Waals surface area (Å²) in [5, 5.41) is 5.40. The van der Waals surface area contributed by atoms with E-state index >= 15 is 0 Å². The van der Waals surface area contributed by atoms with E-state index in [-0.39, 0.29) is 12.1 Å². The summed E-state index contributed by atoms with van der Waals surface area (Å²) in [7, 11) is 1.61. The maximum atomic E-state index is 6.53. The van der Waals surface area contributed by atoms with E-state index in [1.54, 1.807) is 7.11 Å². The molecular weight excluding hydrogens is 511 g/mol. The van der Waals surface area contributed by atoms with E-state index in [1.165, 1.54) is 0 Å². The molecule has 36 heavy (non-hydrogen) atoms. The van der Waals surface area contributed by atoms with E-state index in [9.17, 15) is 0 Å². The third kappa shape index (κ3) is 4.13. The van der Waals surface area contributed by atoms with Crippen molar-refractivity contribution in [3.8, 4) is 11.4 Å². The average molecular weight is 538 g/mol.